The van der Waals surface area contributed by atoms with Crippen LogP contribution in [0.2, 0.25) is 0 Å². The summed E-state index contributed by atoms with van der Waals surface area (Å²) in [5.74, 6) is 2.20. The van der Waals surface area contributed by atoms with Gasteiger partial charge in [-0.15, -0.1) is 0 Å². The van der Waals surface area contributed by atoms with Gasteiger partial charge < -0.3 is 4.74 Å². The summed E-state index contributed by atoms with van der Waals surface area (Å²) in [6.07, 6.45) is 5.87. The van der Waals surface area contributed by atoms with E-state index < -0.39 is 5.76 Å². The first-order valence-electron chi connectivity index (χ1n) is 11.8. The molecule has 182 valence electrons. The fraction of sp³-hybridized carbons (Fsp3) is 0.333. The topological polar surface area (TPSA) is 93.9 Å². The van der Waals surface area contributed by atoms with E-state index in [1.54, 1.807) is 11.8 Å². The van der Waals surface area contributed by atoms with E-state index in [-0.39, 0.29) is 0 Å². The molecule has 0 atom stereocenters. The SMILES string of the molecule is CCCCc1nc(C)nc(OCCSC)c1Cc1ccc(-c2ccccc2-c2noc(=O)[nH]2)cc1. The normalized spacial score (nSPS) is 11.1. The lowest BCUT2D eigenvalue weighted by Gasteiger charge is -2.15. The Morgan fingerprint density at radius 1 is 1.06 bits per heavy atom. The summed E-state index contributed by atoms with van der Waals surface area (Å²) in [4.78, 5) is 23.5. The Kier molecular flexibility index (Phi) is 8.36. The van der Waals surface area contributed by atoms with Crippen LogP contribution in [0.5, 0.6) is 5.88 Å². The minimum atomic E-state index is -0.570. The number of H-pyrrole nitrogens is 1. The number of ether oxygens (including phenoxy) is 1. The van der Waals surface area contributed by atoms with E-state index in [1.165, 1.54) is 0 Å². The van der Waals surface area contributed by atoms with Crippen LogP contribution in [0.4, 0.5) is 0 Å². The Morgan fingerprint density at radius 2 is 1.83 bits per heavy atom. The monoisotopic (exact) mass is 490 g/mol. The van der Waals surface area contributed by atoms with E-state index in [0.717, 1.165) is 64.4 Å². The van der Waals surface area contributed by atoms with Crippen LogP contribution in [-0.2, 0) is 12.8 Å². The minimum Gasteiger partial charge on any atom is -0.476 e. The number of hydrogen-bond acceptors (Lipinski definition) is 7. The first-order chi connectivity index (χ1) is 17.1. The summed E-state index contributed by atoms with van der Waals surface area (Å²) in [7, 11) is 0. The molecule has 0 aliphatic carbocycles. The number of nitrogens with zero attached hydrogens (tertiary/aromatic N) is 3. The Bertz CT molecular complexity index is 1310. The van der Waals surface area contributed by atoms with Crippen molar-refractivity contribution in [3.63, 3.8) is 0 Å². The van der Waals surface area contributed by atoms with Gasteiger partial charge in [0.1, 0.15) is 5.82 Å². The zero-order chi connectivity index (χ0) is 24.6. The average Bonchev–Trinajstić information content (AvgIpc) is 3.31. The lowest BCUT2D eigenvalue weighted by atomic mass is 9.96. The second-order valence-electron chi connectivity index (χ2n) is 8.31. The van der Waals surface area contributed by atoms with E-state index in [2.05, 4.69) is 52.6 Å². The van der Waals surface area contributed by atoms with Crippen LogP contribution in [0.15, 0.2) is 57.8 Å². The van der Waals surface area contributed by atoms with Crippen molar-refractivity contribution in [3.8, 4) is 28.4 Å². The van der Waals surface area contributed by atoms with Crippen LogP contribution < -0.4 is 10.5 Å². The van der Waals surface area contributed by atoms with Crippen molar-refractivity contribution >= 4 is 11.8 Å². The van der Waals surface area contributed by atoms with Gasteiger partial charge in [0.2, 0.25) is 5.88 Å². The van der Waals surface area contributed by atoms with Crippen molar-refractivity contribution < 1.29 is 9.26 Å². The number of hydrogen-bond donors (Lipinski definition) is 1. The summed E-state index contributed by atoms with van der Waals surface area (Å²) >= 11 is 1.76. The quantitative estimate of drug-likeness (QED) is 0.279. The standard InChI is InChI=1S/C27H30N4O3S/c1-4-5-10-24-23(26(29-18(2)28-24)33-15-16-35-3)17-19-11-13-20(14-12-19)21-8-6-7-9-22(21)25-30-27(32)34-31-25/h6-9,11-14H,4-5,10,15-17H2,1-3H3,(H,30,31,32). The molecule has 2 aromatic carbocycles. The predicted octanol–water partition coefficient (Wildman–Crippen LogP) is 5.47. The van der Waals surface area contributed by atoms with Crippen LogP contribution in [0, 0.1) is 6.92 Å². The molecule has 1 N–H and O–H groups in total. The highest BCUT2D eigenvalue weighted by Crippen LogP contribution is 2.31. The summed E-state index contributed by atoms with van der Waals surface area (Å²) in [6.45, 7) is 4.74. The van der Waals surface area contributed by atoms with Gasteiger partial charge in [-0.25, -0.2) is 9.78 Å². The van der Waals surface area contributed by atoms with Gasteiger partial charge in [-0.05, 0) is 42.7 Å². The van der Waals surface area contributed by atoms with Gasteiger partial charge in [0, 0.05) is 23.3 Å². The highest BCUT2D eigenvalue weighted by molar-refractivity contribution is 7.98. The molecule has 0 saturated heterocycles. The van der Waals surface area contributed by atoms with Crippen LogP contribution in [0.1, 0.15) is 42.4 Å². The van der Waals surface area contributed by atoms with Crippen LogP contribution in [0.25, 0.3) is 22.5 Å². The third kappa shape index (κ3) is 6.19. The Hall–Kier alpha value is -3.39. The molecule has 0 aliphatic rings. The summed E-state index contributed by atoms with van der Waals surface area (Å²) in [5, 5.41) is 3.85. The molecule has 8 heteroatoms. The molecule has 2 aromatic heterocycles. The molecule has 4 aromatic rings. The molecule has 0 saturated carbocycles. The van der Waals surface area contributed by atoms with Gasteiger partial charge in [-0.3, -0.25) is 9.51 Å². The van der Waals surface area contributed by atoms with Crippen molar-refractivity contribution in [3.05, 3.63) is 81.7 Å². The molecule has 0 fully saturated rings. The average molecular weight is 491 g/mol. The molecular weight excluding hydrogens is 460 g/mol. The lowest BCUT2D eigenvalue weighted by Crippen LogP contribution is -2.10. The summed E-state index contributed by atoms with van der Waals surface area (Å²) < 4.78 is 10.8. The summed E-state index contributed by atoms with van der Waals surface area (Å²) in [6, 6.07) is 16.2. The molecule has 0 unspecified atom stereocenters. The number of benzene rings is 2. The Morgan fingerprint density at radius 3 is 2.51 bits per heavy atom. The largest absolute Gasteiger partial charge is 0.476 e. The number of thioether (sulfide) groups is 1. The highest BCUT2D eigenvalue weighted by Gasteiger charge is 2.16. The molecule has 0 bridgehead atoms. The van der Waals surface area contributed by atoms with Gasteiger partial charge in [0.25, 0.3) is 0 Å². The minimum absolute atomic E-state index is 0.416. The van der Waals surface area contributed by atoms with E-state index >= 15 is 0 Å². The molecular formula is C27H30N4O3S. The number of aryl methyl sites for hydroxylation is 2. The number of aromatic amines is 1. The first-order valence-corrected chi connectivity index (χ1v) is 13.2. The molecule has 4 rings (SSSR count). The highest BCUT2D eigenvalue weighted by atomic mass is 32.2. The van der Waals surface area contributed by atoms with Crippen molar-refractivity contribution in [2.45, 2.75) is 39.5 Å². The maximum Gasteiger partial charge on any atom is 0.439 e. The second-order valence-corrected chi connectivity index (χ2v) is 9.29. The molecule has 0 radical (unpaired) electrons. The number of unbranched alkanes of at least 4 members (excludes halogenated alkanes) is 1. The maximum atomic E-state index is 11.4. The molecule has 0 aliphatic heterocycles. The smallest absolute Gasteiger partial charge is 0.439 e. The van der Waals surface area contributed by atoms with Crippen LogP contribution in [0.3, 0.4) is 0 Å². The fourth-order valence-corrected chi connectivity index (χ4v) is 4.24. The molecule has 2 heterocycles. The second kappa shape index (κ2) is 11.8. The van der Waals surface area contributed by atoms with E-state index in [9.17, 15) is 4.79 Å². The van der Waals surface area contributed by atoms with Gasteiger partial charge in [0.15, 0.2) is 5.82 Å². The van der Waals surface area contributed by atoms with E-state index in [1.807, 2.05) is 31.2 Å². The lowest BCUT2D eigenvalue weighted by molar-refractivity contribution is 0.324. The Labute approximate surface area is 209 Å². The number of nitrogens with one attached hydrogen (secondary N) is 1. The summed E-state index contributed by atoms with van der Waals surface area (Å²) in [5.41, 5.74) is 6.09. The van der Waals surface area contributed by atoms with E-state index in [4.69, 9.17) is 14.2 Å². The maximum absolute atomic E-state index is 11.4. The molecule has 0 spiro atoms. The van der Waals surface area contributed by atoms with E-state index in [0.29, 0.717) is 24.7 Å². The van der Waals surface area contributed by atoms with Crippen molar-refractivity contribution in [2.24, 2.45) is 0 Å². The fourth-order valence-electron chi connectivity index (χ4n) is 3.99. The van der Waals surface area contributed by atoms with Crippen LogP contribution >= 0.6 is 11.8 Å². The van der Waals surface area contributed by atoms with Crippen molar-refractivity contribution in [1.82, 2.24) is 20.1 Å². The first kappa shape index (κ1) is 24.7. The predicted molar refractivity (Wildman–Crippen MR) is 140 cm³/mol. The van der Waals surface area contributed by atoms with Gasteiger partial charge in [0.05, 0.1) is 12.3 Å². The number of aromatic nitrogens is 4. The molecule has 0 amide bonds. The third-order valence-corrected chi connectivity index (χ3v) is 6.30. The van der Waals surface area contributed by atoms with Gasteiger partial charge in [-0.2, -0.15) is 16.7 Å². The third-order valence-electron chi connectivity index (χ3n) is 5.73. The zero-order valence-electron chi connectivity index (χ0n) is 20.3. The number of rotatable bonds is 11. The Balaban J connectivity index is 1.63. The van der Waals surface area contributed by atoms with Gasteiger partial charge >= 0.3 is 5.76 Å². The zero-order valence-corrected chi connectivity index (χ0v) is 21.2. The molecule has 35 heavy (non-hydrogen) atoms. The van der Waals surface area contributed by atoms with Gasteiger partial charge in [-0.1, -0.05) is 67.0 Å². The van der Waals surface area contributed by atoms with Crippen LogP contribution in [-0.4, -0.2) is 38.7 Å². The van der Waals surface area contributed by atoms with Crippen molar-refractivity contribution in [2.75, 3.05) is 18.6 Å². The van der Waals surface area contributed by atoms with Crippen molar-refractivity contribution in [1.29, 1.82) is 0 Å². The molecule has 7 nitrogen and oxygen atoms in total.